The topological polar surface area (TPSA) is 79.2 Å². The van der Waals surface area contributed by atoms with Crippen LogP contribution in [0.3, 0.4) is 0 Å². The summed E-state index contributed by atoms with van der Waals surface area (Å²) >= 11 is 5.89. The molecule has 6 heteroatoms. The number of nitriles is 1. The van der Waals surface area contributed by atoms with E-state index in [1.54, 1.807) is 12.1 Å². The fourth-order valence-corrected chi connectivity index (χ4v) is 2.74. The van der Waals surface area contributed by atoms with Crippen LogP contribution in [0.2, 0.25) is 5.02 Å². The fraction of sp³-hybridized carbons (Fsp3) is 0.0500. The first-order valence-corrected chi connectivity index (χ1v) is 8.09. The number of nitrogens with one attached hydrogen (secondary N) is 1. The summed E-state index contributed by atoms with van der Waals surface area (Å²) in [5.74, 6) is -0.144. The Kier molecular flexibility index (Phi) is 5.16. The third-order valence-electron chi connectivity index (χ3n) is 3.78. The molecule has 3 rings (SSSR count). The van der Waals surface area contributed by atoms with E-state index >= 15 is 0 Å². The van der Waals surface area contributed by atoms with Gasteiger partial charge >= 0.3 is 0 Å². The summed E-state index contributed by atoms with van der Waals surface area (Å²) in [6, 6.07) is 17.4. The van der Waals surface area contributed by atoms with Crippen LogP contribution in [0.15, 0.2) is 54.6 Å². The van der Waals surface area contributed by atoms with Crippen LogP contribution in [-0.2, 0) is 4.79 Å². The molecule has 3 aromatic carbocycles. The van der Waals surface area contributed by atoms with Crippen LogP contribution >= 0.6 is 11.6 Å². The number of benzene rings is 3. The molecule has 0 heterocycles. The minimum atomic E-state index is -0.464. The van der Waals surface area contributed by atoms with Crippen molar-refractivity contribution >= 4 is 40.3 Å². The number of ether oxygens (including phenoxy) is 1. The molecule has 0 saturated heterocycles. The highest BCUT2D eigenvalue weighted by atomic mass is 35.5. The lowest BCUT2D eigenvalue weighted by Gasteiger charge is -2.11. The lowest BCUT2D eigenvalue weighted by molar-refractivity contribution is -0.118. The molecule has 0 fully saturated rings. The molecule has 26 heavy (non-hydrogen) atoms. The molecular weight excluding hydrogens is 352 g/mol. The van der Waals surface area contributed by atoms with Crippen molar-refractivity contribution in [3.05, 3.63) is 70.7 Å². The second-order valence-corrected chi connectivity index (χ2v) is 5.89. The molecule has 128 valence electrons. The van der Waals surface area contributed by atoms with Crippen LogP contribution in [0.25, 0.3) is 10.8 Å². The number of nitrogens with zero attached hydrogens (tertiary/aromatic N) is 1. The molecule has 1 amide bonds. The quantitative estimate of drug-likeness (QED) is 0.688. The van der Waals surface area contributed by atoms with Gasteiger partial charge in [0, 0.05) is 5.02 Å². The first kappa shape index (κ1) is 17.5. The van der Waals surface area contributed by atoms with Crippen molar-refractivity contribution in [1.29, 1.82) is 5.26 Å². The number of amides is 1. The number of hydrogen-bond donors (Lipinski definition) is 1. The monoisotopic (exact) mass is 364 g/mol. The normalized spacial score (nSPS) is 10.2. The molecule has 0 spiro atoms. The summed E-state index contributed by atoms with van der Waals surface area (Å²) in [7, 11) is 0. The van der Waals surface area contributed by atoms with Crippen LogP contribution in [0.1, 0.15) is 15.9 Å². The third-order valence-corrected chi connectivity index (χ3v) is 4.02. The summed E-state index contributed by atoms with van der Waals surface area (Å²) in [4.78, 5) is 23.6. The molecule has 0 aliphatic rings. The highest BCUT2D eigenvalue weighted by molar-refractivity contribution is 6.31. The van der Waals surface area contributed by atoms with Gasteiger partial charge in [0.2, 0.25) is 0 Å². The number of carbonyl (C=O) groups is 2. The molecule has 0 aromatic heterocycles. The zero-order chi connectivity index (χ0) is 18.5. The van der Waals surface area contributed by atoms with Gasteiger partial charge in [-0.05, 0) is 35.0 Å². The third kappa shape index (κ3) is 3.66. The van der Waals surface area contributed by atoms with Crippen molar-refractivity contribution in [2.75, 3.05) is 11.9 Å². The summed E-state index contributed by atoms with van der Waals surface area (Å²) < 4.78 is 5.51. The minimum absolute atomic E-state index is 0.294. The summed E-state index contributed by atoms with van der Waals surface area (Å²) in [6.07, 6.45) is 0.709. The van der Waals surface area contributed by atoms with E-state index in [1.165, 1.54) is 12.1 Å². The van der Waals surface area contributed by atoms with E-state index in [0.717, 1.165) is 10.8 Å². The minimum Gasteiger partial charge on any atom is -0.483 e. The number of hydrogen-bond acceptors (Lipinski definition) is 4. The van der Waals surface area contributed by atoms with E-state index in [0.29, 0.717) is 33.9 Å². The number of carbonyl (C=O) groups excluding carboxylic acids is 2. The maximum absolute atomic E-state index is 12.2. The van der Waals surface area contributed by atoms with Gasteiger partial charge in [-0.25, -0.2) is 0 Å². The molecule has 0 aliphatic heterocycles. The highest BCUT2D eigenvalue weighted by Gasteiger charge is 2.12. The lowest BCUT2D eigenvalue weighted by Crippen LogP contribution is -2.21. The van der Waals surface area contributed by atoms with Gasteiger partial charge in [-0.2, -0.15) is 5.26 Å². The van der Waals surface area contributed by atoms with E-state index in [9.17, 15) is 9.59 Å². The van der Waals surface area contributed by atoms with Gasteiger partial charge < -0.3 is 10.1 Å². The van der Waals surface area contributed by atoms with Crippen LogP contribution in [-0.4, -0.2) is 18.8 Å². The molecule has 0 aliphatic carbocycles. The molecule has 0 radical (unpaired) electrons. The molecule has 0 saturated carbocycles. The van der Waals surface area contributed by atoms with E-state index in [1.807, 2.05) is 36.4 Å². The van der Waals surface area contributed by atoms with Crippen LogP contribution in [0, 0.1) is 11.3 Å². The van der Waals surface area contributed by atoms with E-state index in [4.69, 9.17) is 21.6 Å². The average Bonchev–Trinajstić information content (AvgIpc) is 2.66. The smallest absolute Gasteiger partial charge is 0.262 e. The van der Waals surface area contributed by atoms with E-state index in [-0.39, 0.29) is 6.61 Å². The molecular formula is C20H13ClN2O3. The van der Waals surface area contributed by atoms with Gasteiger partial charge in [-0.1, -0.05) is 41.9 Å². The first-order chi connectivity index (χ1) is 12.6. The zero-order valence-electron chi connectivity index (χ0n) is 13.5. The number of rotatable bonds is 5. The number of anilines is 1. The molecule has 0 bridgehead atoms. The maximum atomic E-state index is 12.2. The van der Waals surface area contributed by atoms with E-state index in [2.05, 4.69) is 5.32 Å². The van der Waals surface area contributed by atoms with Crippen molar-refractivity contribution in [1.82, 2.24) is 0 Å². The standard InChI is InChI=1S/C20H13ClN2O3/c21-15-7-5-14(10-22)18(9-15)23-20(25)12-26-19-8-6-13-3-1-2-4-16(13)17(19)11-24/h1-9,11H,12H2,(H,23,25). The largest absolute Gasteiger partial charge is 0.483 e. The number of halogens is 1. The predicted molar refractivity (Wildman–Crippen MR) is 99.6 cm³/mol. The summed E-state index contributed by atoms with van der Waals surface area (Å²) in [5, 5.41) is 13.7. The van der Waals surface area contributed by atoms with Gasteiger partial charge in [0.05, 0.1) is 16.8 Å². The highest BCUT2D eigenvalue weighted by Crippen LogP contribution is 2.26. The lowest BCUT2D eigenvalue weighted by atomic mass is 10.0. The first-order valence-electron chi connectivity index (χ1n) is 7.71. The van der Waals surface area contributed by atoms with Gasteiger partial charge in [-0.15, -0.1) is 0 Å². The van der Waals surface area contributed by atoms with Gasteiger partial charge in [0.1, 0.15) is 11.8 Å². The van der Waals surface area contributed by atoms with Gasteiger partial charge in [0.25, 0.3) is 5.91 Å². The number of aldehydes is 1. The molecule has 5 nitrogen and oxygen atoms in total. The second kappa shape index (κ2) is 7.68. The van der Waals surface area contributed by atoms with E-state index < -0.39 is 5.91 Å². The Morgan fingerprint density at radius 2 is 2.00 bits per heavy atom. The predicted octanol–water partition coefficient (Wildman–Crippen LogP) is 4.19. The average molecular weight is 365 g/mol. The Balaban J connectivity index is 1.76. The Hall–Kier alpha value is -3.36. The Labute approximate surface area is 154 Å². The Morgan fingerprint density at radius 3 is 2.77 bits per heavy atom. The molecule has 3 aromatic rings. The Morgan fingerprint density at radius 1 is 1.19 bits per heavy atom. The van der Waals surface area contributed by atoms with Crippen molar-refractivity contribution < 1.29 is 14.3 Å². The van der Waals surface area contributed by atoms with Gasteiger partial charge in [-0.3, -0.25) is 9.59 Å². The summed E-state index contributed by atoms with van der Waals surface area (Å²) in [6.45, 7) is -0.309. The van der Waals surface area contributed by atoms with Crippen molar-refractivity contribution in [3.63, 3.8) is 0 Å². The Bertz CT molecular complexity index is 1040. The van der Waals surface area contributed by atoms with Crippen LogP contribution in [0.5, 0.6) is 5.75 Å². The zero-order valence-corrected chi connectivity index (χ0v) is 14.3. The van der Waals surface area contributed by atoms with Crippen LogP contribution in [0.4, 0.5) is 5.69 Å². The molecule has 0 unspecified atom stereocenters. The number of fused-ring (bicyclic) bond motifs is 1. The summed E-state index contributed by atoms with van der Waals surface area (Å²) in [5.41, 5.74) is 0.987. The molecule has 0 atom stereocenters. The van der Waals surface area contributed by atoms with Crippen molar-refractivity contribution in [2.45, 2.75) is 0 Å². The SMILES string of the molecule is N#Cc1ccc(Cl)cc1NC(=O)COc1ccc2ccccc2c1C=O. The van der Waals surface area contributed by atoms with Crippen molar-refractivity contribution in [3.8, 4) is 11.8 Å². The van der Waals surface area contributed by atoms with Gasteiger partial charge in [0.15, 0.2) is 12.9 Å². The maximum Gasteiger partial charge on any atom is 0.262 e. The fourth-order valence-electron chi connectivity index (χ4n) is 2.57. The molecule has 1 N–H and O–H groups in total. The van der Waals surface area contributed by atoms with Crippen molar-refractivity contribution in [2.24, 2.45) is 0 Å². The second-order valence-electron chi connectivity index (χ2n) is 5.45. The van der Waals surface area contributed by atoms with Crippen LogP contribution < -0.4 is 10.1 Å².